The summed E-state index contributed by atoms with van der Waals surface area (Å²) in [5.41, 5.74) is 6.60. The largest absolute Gasteiger partial charge is 0.378 e. The van der Waals surface area contributed by atoms with Crippen molar-refractivity contribution < 1.29 is 14.1 Å². The molecule has 1 saturated carbocycles. The van der Waals surface area contributed by atoms with E-state index >= 15 is 0 Å². The second-order valence-corrected chi connectivity index (χ2v) is 5.35. The first-order valence-corrected chi connectivity index (χ1v) is 7.23. The van der Waals surface area contributed by atoms with E-state index < -0.39 is 0 Å². The molecule has 0 radical (unpaired) electrons. The number of rotatable bonds is 6. The molecule has 1 aromatic heterocycles. The van der Waals surface area contributed by atoms with Gasteiger partial charge in [0.1, 0.15) is 0 Å². The smallest absolute Gasteiger partial charge is 0.290 e. The molecule has 3 N–H and O–H groups in total. The molecular weight excluding hydrogens is 258 g/mol. The maximum absolute atomic E-state index is 11.7. The van der Waals surface area contributed by atoms with Gasteiger partial charge in [0.25, 0.3) is 5.91 Å². The molecule has 1 aliphatic rings. The van der Waals surface area contributed by atoms with Crippen LogP contribution >= 0.6 is 0 Å². The van der Waals surface area contributed by atoms with Crippen LogP contribution in [0, 0.1) is 6.92 Å². The van der Waals surface area contributed by atoms with Crippen molar-refractivity contribution in [3.63, 3.8) is 0 Å². The van der Waals surface area contributed by atoms with Crippen LogP contribution in [-0.2, 0) is 4.74 Å². The minimum atomic E-state index is -0.219. The van der Waals surface area contributed by atoms with Crippen LogP contribution in [0.4, 0.5) is 0 Å². The number of nitrogens with two attached hydrogens (primary N) is 1. The van der Waals surface area contributed by atoms with E-state index in [-0.39, 0.29) is 11.7 Å². The summed E-state index contributed by atoms with van der Waals surface area (Å²) >= 11 is 0. The zero-order chi connectivity index (χ0) is 14.4. The minimum absolute atomic E-state index is 0.219. The predicted molar refractivity (Wildman–Crippen MR) is 74.4 cm³/mol. The molecule has 2 rings (SSSR count). The summed E-state index contributed by atoms with van der Waals surface area (Å²) in [5.74, 6) is 0.0656. The van der Waals surface area contributed by atoms with E-state index in [1.807, 2.05) is 0 Å². The molecule has 0 unspecified atom stereocenters. The molecule has 1 amide bonds. The first-order chi connectivity index (χ1) is 9.66. The average Bonchev–Trinajstić information content (AvgIpc) is 2.86. The van der Waals surface area contributed by atoms with Gasteiger partial charge in [-0.05, 0) is 39.0 Å². The molecule has 1 aliphatic carbocycles. The molecule has 1 aromatic rings. The van der Waals surface area contributed by atoms with Crippen molar-refractivity contribution in [1.29, 1.82) is 0 Å². The number of carbonyl (C=O) groups is 1. The fourth-order valence-electron chi connectivity index (χ4n) is 2.37. The van der Waals surface area contributed by atoms with Gasteiger partial charge in [-0.3, -0.25) is 4.79 Å². The molecule has 6 nitrogen and oxygen atoms in total. The van der Waals surface area contributed by atoms with E-state index in [0.717, 1.165) is 37.7 Å². The average molecular weight is 281 g/mol. The number of aromatic nitrogens is 1. The summed E-state index contributed by atoms with van der Waals surface area (Å²) < 4.78 is 10.7. The van der Waals surface area contributed by atoms with Crippen molar-refractivity contribution in [2.75, 3.05) is 13.2 Å². The Hall–Kier alpha value is -1.40. The van der Waals surface area contributed by atoms with Crippen LogP contribution in [-0.4, -0.2) is 36.4 Å². The summed E-state index contributed by atoms with van der Waals surface area (Å²) in [4.78, 5) is 11.7. The summed E-state index contributed by atoms with van der Waals surface area (Å²) in [6.45, 7) is 3.03. The van der Waals surface area contributed by atoms with Gasteiger partial charge >= 0.3 is 0 Å². The second kappa shape index (κ2) is 7.40. The van der Waals surface area contributed by atoms with Crippen molar-refractivity contribution in [3.8, 4) is 0 Å². The van der Waals surface area contributed by atoms with Gasteiger partial charge in [-0.15, -0.1) is 0 Å². The number of hydrogen-bond acceptors (Lipinski definition) is 5. The molecule has 6 heteroatoms. The lowest BCUT2D eigenvalue weighted by atomic mass is 9.94. The highest BCUT2D eigenvalue weighted by Crippen LogP contribution is 2.19. The van der Waals surface area contributed by atoms with Crippen LogP contribution in [0.5, 0.6) is 0 Å². The summed E-state index contributed by atoms with van der Waals surface area (Å²) in [6, 6.07) is 0.347. The lowest BCUT2D eigenvalue weighted by Crippen LogP contribution is -2.31. The SMILES string of the molecule is Cc1cnoc1C(=O)NCCCOC1CCC(N)CC1. The molecule has 0 bridgehead atoms. The Morgan fingerprint density at radius 1 is 1.50 bits per heavy atom. The Bertz CT molecular complexity index is 425. The third-order valence-corrected chi connectivity index (χ3v) is 3.63. The van der Waals surface area contributed by atoms with E-state index in [9.17, 15) is 4.79 Å². The maximum atomic E-state index is 11.7. The van der Waals surface area contributed by atoms with Gasteiger partial charge in [-0.25, -0.2) is 0 Å². The maximum Gasteiger partial charge on any atom is 0.290 e. The van der Waals surface area contributed by atoms with E-state index in [1.165, 1.54) is 6.20 Å². The minimum Gasteiger partial charge on any atom is -0.378 e. The molecule has 112 valence electrons. The Morgan fingerprint density at radius 3 is 2.90 bits per heavy atom. The lowest BCUT2D eigenvalue weighted by Gasteiger charge is -2.26. The Balaban J connectivity index is 1.56. The lowest BCUT2D eigenvalue weighted by molar-refractivity contribution is 0.0240. The summed E-state index contributed by atoms with van der Waals surface area (Å²) in [7, 11) is 0. The molecule has 0 saturated heterocycles. The van der Waals surface area contributed by atoms with Gasteiger partial charge in [-0.2, -0.15) is 0 Å². The van der Waals surface area contributed by atoms with Crippen LogP contribution in [0.2, 0.25) is 0 Å². The number of amides is 1. The molecule has 0 spiro atoms. The van der Waals surface area contributed by atoms with E-state index in [1.54, 1.807) is 6.92 Å². The van der Waals surface area contributed by atoms with Crippen LogP contribution in [0.3, 0.4) is 0 Å². The molecule has 1 heterocycles. The number of nitrogens with zero attached hydrogens (tertiary/aromatic N) is 1. The van der Waals surface area contributed by atoms with Gasteiger partial charge < -0.3 is 20.3 Å². The van der Waals surface area contributed by atoms with Gasteiger partial charge in [0.2, 0.25) is 5.76 Å². The van der Waals surface area contributed by atoms with Crippen LogP contribution < -0.4 is 11.1 Å². The second-order valence-electron chi connectivity index (χ2n) is 5.35. The molecule has 20 heavy (non-hydrogen) atoms. The topological polar surface area (TPSA) is 90.4 Å². The molecular formula is C14H23N3O3. The van der Waals surface area contributed by atoms with Gasteiger partial charge in [0.15, 0.2) is 0 Å². The zero-order valence-electron chi connectivity index (χ0n) is 11.9. The fourth-order valence-corrected chi connectivity index (χ4v) is 2.37. The highest BCUT2D eigenvalue weighted by molar-refractivity contribution is 5.92. The van der Waals surface area contributed by atoms with E-state index in [4.69, 9.17) is 15.0 Å². The highest BCUT2D eigenvalue weighted by atomic mass is 16.5. The number of ether oxygens (including phenoxy) is 1. The third-order valence-electron chi connectivity index (χ3n) is 3.63. The standard InChI is InChI=1S/C14H23N3O3/c1-10-9-17-20-13(10)14(18)16-7-2-8-19-12-5-3-11(15)4-6-12/h9,11-12H,2-8,15H2,1H3,(H,16,18). The third kappa shape index (κ3) is 4.31. The van der Waals surface area contributed by atoms with Crippen LogP contribution in [0.25, 0.3) is 0 Å². The highest BCUT2D eigenvalue weighted by Gasteiger charge is 2.18. The first kappa shape index (κ1) is 15.0. The number of hydrogen-bond donors (Lipinski definition) is 2. The van der Waals surface area contributed by atoms with Crippen LogP contribution in [0.1, 0.15) is 48.2 Å². The molecule has 0 atom stereocenters. The van der Waals surface area contributed by atoms with Crippen molar-refractivity contribution in [1.82, 2.24) is 10.5 Å². The van der Waals surface area contributed by atoms with Gasteiger partial charge in [0, 0.05) is 24.8 Å². The Labute approximate surface area is 119 Å². The van der Waals surface area contributed by atoms with E-state index in [2.05, 4.69) is 10.5 Å². The van der Waals surface area contributed by atoms with Gasteiger partial charge in [0.05, 0.1) is 12.3 Å². The normalized spacial score (nSPS) is 22.7. The monoisotopic (exact) mass is 281 g/mol. The zero-order valence-corrected chi connectivity index (χ0v) is 11.9. The fraction of sp³-hybridized carbons (Fsp3) is 0.714. The van der Waals surface area contributed by atoms with Gasteiger partial charge in [-0.1, -0.05) is 5.16 Å². The first-order valence-electron chi connectivity index (χ1n) is 7.23. The van der Waals surface area contributed by atoms with Crippen molar-refractivity contribution in [2.24, 2.45) is 5.73 Å². The quantitative estimate of drug-likeness (QED) is 0.769. The Morgan fingerprint density at radius 2 is 2.25 bits per heavy atom. The summed E-state index contributed by atoms with van der Waals surface area (Å²) in [5, 5.41) is 6.38. The number of carbonyl (C=O) groups excluding carboxylic acids is 1. The number of aryl methyl sites for hydroxylation is 1. The molecule has 0 aromatic carbocycles. The number of nitrogens with one attached hydrogen (secondary N) is 1. The van der Waals surface area contributed by atoms with Crippen LogP contribution in [0.15, 0.2) is 10.7 Å². The summed E-state index contributed by atoms with van der Waals surface area (Å²) in [6.07, 6.45) is 6.85. The molecule has 1 fully saturated rings. The predicted octanol–water partition coefficient (Wildman–Crippen LogP) is 1.39. The van der Waals surface area contributed by atoms with Crippen molar-refractivity contribution in [3.05, 3.63) is 17.5 Å². The van der Waals surface area contributed by atoms with Crippen molar-refractivity contribution >= 4 is 5.91 Å². The Kier molecular flexibility index (Phi) is 5.55. The van der Waals surface area contributed by atoms with Crippen molar-refractivity contribution in [2.45, 2.75) is 51.2 Å². The van der Waals surface area contributed by atoms with E-state index in [0.29, 0.717) is 25.3 Å². The molecule has 0 aliphatic heterocycles.